The Kier molecular flexibility index (Phi) is 5.58. The highest BCUT2D eigenvalue weighted by atomic mass is 32.1. The van der Waals surface area contributed by atoms with Gasteiger partial charge in [0.2, 0.25) is 16.0 Å². The Balaban J connectivity index is 1.21. The molecule has 1 fully saturated rings. The highest BCUT2D eigenvalue weighted by molar-refractivity contribution is 7.20. The summed E-state index contributed by atoms with van der Waals surface area (Å²) in [7, 11) is 0. The first-order chi connectivity index (χ1) is 16.4. The van der Waals surface area contributed by atoms with E-state index in [2.05, 4.69) is 20.7 Å². The van der Waals surface area contributed by atoms with E-state index in [0.717, 1.165) is 21.7 Å². The third kappa shape index (κ3) is 4.27. The molecule has 1 saturated heterocycles. The van der Waals surface area contributed by atoms with Gasteiger partial charge in [-0.25, -0.2) is 14.3 Å². The molecule has 10 heteroatoms. The van der Waals surface area contributed by atoms with Crippen molar-refractivity contribution in [3.05, 3.63) is 72.4 Å². The Morgan fingerprint density at radius 1 is 1.09 bits per heavy atom. The molecule has 2 aromatic heterocycles. The number of benzene rings is 2. The molecule has 34 heavy (non-hydrogen) atoms. The van der Waals surface area contributed by atoms with Crippen LogP contribution >= 0.6 is 11.3 Å². The number of anilines is 1. The lowest BCUT2D eigenvalue weighted by molar-refractivity contribution is -0.133. The van der Waals surface area contributed by atoms with Gasteiger partial charge in [-0.05, 0) is 25.3 Å². The van der Waals surface area contributed by atoms with Crippen molar-refractivity contribution in [3.8, 4) is 11.3 Å². The summed E-state index contributed by atoms with van der Waals surface area (Å²) in [6.07, 6.45) is 2.85. The van der Waals surface area contributed by atoms with Crippen LogP contribution in [0.1, 0.15) is 18.9 Å². The molecule has 0 saturated carbocycles. The molecule has 5 rings (SSSR count). The summed E-state index contributed by atoms with van der Waals surface area (Å²) in [5.41, 5.74) is 1.78. The van der Waals surface area contributed by atoms with Crippen molar-refractivity contribution in [3.63, 3.8) is 0 Å². The lowest BCUT2D eigenvalue weighted by atomic mass is 9.93. The van der Waals surface area contributed by atoms with Gasteiger partial charge in [-0.15, -0.1) is 5.10 Å². The smallest absolute Gasteiger partial charge is 0.323 e. The highest BCUT2D eigenvalue weighted by Crippen LogP contribution is 2.25. The van der Waals surface area contributed by atoms with Crippen LogP contribution in [-0.2, 0) is 16.0 Å². The molecular formula is C24H22N6O3S. The average molecular weight is 475 g/mol. The first kappa shape index (κ1) is 21.8. The third-order valence-corrected chi connectivity index (χ3v) is 6.60. The maximum atomic E-state index is 13.0. The molecule has 0 radical (unpaired) electrons. The van der Waals surface area contributed by atoms with Gasteiger partial charge in [0.25, 0.3) is 5.91 Å². The first-order valence-electron chi connectivity index (χ1n) is 10.8. The highest BCUT2D eigenvalue weighted by Gasteiger charge is 2.47. The van der Waals surface area contributed by atoms with Crippen molar-refractivity contribution < 1.29 is 14.4 Å². The molecule has 3 heterocycles. The number of amides is 4. The minimum atomic E-state index is -1.05. The Hall–Kier alpha value is -4.05. The van der Waals surface area contributed by atoms with Crippen molar-refractivity contribution in [1.29, 1.82) is 0 Å². The molecule has 4 aromatic rings. The number of nitrogens with zero attached hydrogens (tertiary/aromatic N) is 4. The summed E-state index contributed by atoms with van der Waals surface area (Å²) in [5.74, 6) is -0.916. The molecule has 1 atom stereocenters. The standard InChI is InChI=1S/C24H22N6O3S/c1-24(13-12-16-8-4-2-5-9-16)20(32)29(22(33)27-24)15-19(31)26-21-28-30-14-18(25-23(30)34-21)17-10-6-3-7-11-17/h2-11,14H,12-13,15H2,1H3,(H,27,33)(H,26,28,31)/t24-/m1/s1. The van der Waals surface area contributed by atoms with Crippen LogP contribution in [0.4, 0.5) is 9.93 Å². The van der Waals surface area contributed by atoms with Crippen molar-refractivity contribution >= 4 is 39.3 Å². The van der Waals surface area contributed by atoms with E-state index >= 15 is 0 Å². The number of hydrogen-bond acceptors (Lipinski definition) is 6. The molecule has 1 aliphatic heterocycles. The number of aryl methyl sites for hydroxylation is 1. The summed E-state index contributed by atoms with van der Waals surface area (Å²) in [4.78, 5) is 44.1. The Labute approximate surface area is 199 Å². The SMILES string of the molecule is C[C@]1(CCc2ccccc2)NC(=O)N(CC(=O)Nc2nn3cc(-c4ccccc4)nc3s2)C1=O. The van der Waals surface area contributed by atoms with Crippen LogP contribution in [0.25, 0.3) is 16.2 Å². The molecule has 0 unspecified atom stereocenters. The van der Waals surface area contributed by atoms with Gasteiger partial charge >= 0.3 is 6.03 Å². The fourth-order valence-corrected chi connectivity index (χ4v) is 4.70. The number of hydrogen-bond donors (Lipinski definition) is 2. The van der Waals surface area contributed by atoms with Gasteiger partial charge in [0.1, 0.15) is 12.1 Å². The maximum Gasteiger partial charge on any atom is 0.325 e. The number of imidazole rings is 1. The molecule has 0 spiro atoms. The number of carbonyl (C=O) groups excluding carboxylic acids is 3. The predicted octanol–water partition coefficient (Wildman–Crippen LogP) is 3.34. The summed E-state index contributed by atoms with van der Waals surface area (Å²) in [5, 5.41) is 10.1. The number of urea groups is 1. The molecule has 2 aromatic carbocycles. The van der Waals surface area contributed by atoms with Crippen LogP contribution in [-0.4, -0.2) is 49.4 Å². The van der Waals surface area contributed by atoms with Crippen molar-refractivity contribution in [2.24, 2.45) is 0 Å². The second kappa shape index (κ2) is 8.71. The van der Waals surface area contributed by atoms with Gasteiger partial charge < -0.3 is 5.32 Å². The zero-order valence-corrected chi connectivity index (χ0v) is 19.2. The van der Waals surface area contributed by atoms with E-state index < -0.39 is 23.4 Å². The van der Waals surface area contributed by atoms with Gasteiger partial charge in [-0.3, -0.25) is 19.8 Å². The second-order valence-electron chi connectivity index (χ2n) is 8.31. The van der Waals surface area contributed by atoms with Crippen molar-refractivity contribution in [1.82, 2.24) is 24.8 Å². The van der Waals surface area contributed by atoms with Gasteiger partial charge in [0.15, 0.2) is 0 Å². The minimum absolute atomic E-state index is 0.339. The molecule has 4 amide bonds. The van der Waals surface area contributed by atoms with Gasteiger partial charge in [-0.1, -0.05) is 72.0 Å². The lowest BCUT2D eigenvalue weighted by Crippen LogP contribution is -2.45. The number of imide groups is 1. The summed E-state index contributed by atoms with van der Waals surface area (Å²) in [6, 6.07) is 18.9. The molecule has 0 bridgehead atoms. The average Bonchev–Trinajstić information content (AvgIpc) is 3.46. The van der Waals surface area contributed by atoms with Gasteiger partial charge in [0.05, 0.1) is 11.9 Å². The number of aromatic nitrogens is 3. The van der Waals surface area contributed by atoms with E-state index in [1.165, 1.54) is 11.3 Å². The fourth-order valence-electron chi connectivity index (χ4n) is 3.90. The van der Waals surface area contributed by atoms with E-state index in [4.69, 9.17) is 0 Å². The van der Waals surface area contributed by atoms with Crippen molar-refractivity contribution in [2.45, 2.75) is 25.3 Å². The Bertz CT molecular complexity index is 1340. The largest absolute Gasteiger partial charge is 0.325 e. The van der Waals surface area contributed by atoms with Gasteiger partial charge in [0, 0.05) is 5.56 Å². The molecule has 9 nitrogen and oxygen atoms in total. The fraction of sp³-hybridized carbons (Fsp3) is 0.208. The van der Waals surface area contributed by atoms with Crippen LogP contribution < -0.4 is 10.6 Å². The van der Waals surface area contributed by atoms with E-state index in [1.54, 1.807) is 17.6 Å². The quantitative estimate of drug-likeness (QED) is 0.400. The zero-order valence-electron chi connectivity index (χ0n) is 18.4. The maximum absolute atomic E-state index is 13.0. The van der Waals surface area contributed by atoms with Crippen LogP contribution in [0.3, 0.4) is 0 Å². The van der Waals surface area contributed by atoms with Crippen LogP contribution in [0.2, 0.25) is 0 Å². The predicted molar refractivity (Wildman–Crippen MR) is 128 cm³/mol. The second-order valence-corrected chi connectivity index (χ2v) is 9.27. The minimum Gasteiger partial charge on any atom is -0.323 e. The number of fused-ring (bicyclic) bond motifs is 1. The van der Waals surface area contributed by atoms with E-state index in [1.807, 2.05) is 60.7 Å². The van der Waals surface area contributed by atoms with Crippen LogP contribution in [0, 0.1) is 0 Å². The molecule has 2 N–H and O–H groups in total. The summed E-state index contributed by atoms with van der Waals surface area (Å²) in [6.45, 7) is 1.30. The summed E-state index contributed by atoms with van der Waals surface area (Å²) < 4.78 is 1.59. The Morgan fingerprint density at radius 3 is 2.50 bits per heavy atom. The van der Waals surface area contributed by atoms with E-state index in [-0.39, 0.29) is 6.54 Å². The molecule has 0 aliphatic carbocycles. The third-order valence-electron chi connectivity index (χ3n) is 5.76. The van der Waals surface area contributed by atoms with Crippen molar-refractivity contribution in [2.75, 3.05) is 11.9 Å². The van der Waals surface area contributed by atoms with E-state index in [9.17, 15) is 14.4 Å². The topological polar surface area (TPSA) is 109 Å². The monoisotopic (exact) mass is 474 g/mol. The van der Waals surface area contributed by atoms with E-state index in [0.29, 0.717) is 22.9 Å². The van der Waals surface area contributed by atoms with Gasteiger partial charge in [-0.2, -0.15) is 0 Å². The number of rotatable bonds is 7. The molecular weight excluding hydrogens is 452 g/mol. The van der Waals surface area contributed by atoms with Crippen LogP contribution in [0.5, 0.6) is 0 Å². The number of nitrogens with one attached hydrogen (secondary N) is 2. The molecule has 1 aliphatic rings. The molecule has 172 valence electrons. The normalized spacial score (nSPS) is 17.9. The zero-order chi connectivity index (χ0) is 23.7. The lowest BCUT2D eigenvalue weighted by Gasteiger charge is -2.21. The van der Waals surface area contributed by atoms with Crippen LogP contribution in [0.15, 0.2) is 66.9 Å². The number of carbonyl (C=O) groups is 3. The summed E-state index contributed by atoms with van der Waals surface area (Å²) >= 11 is 1.21. The first-order valence-corrected chi connectivity index (χ1v) is 11.6. The Morgan fingerprint density at radius 2 is 1.79 bits per heavy atom.